The molecule has 1 aliphatic heterocycles. The summed E-state index contributed by atoms with van der Waals surface area (Å²) in [6, 6.07) is 5.88. The maximum atomic E-state index is 11.8. The van der Waals surface area contributed by atoms with E-state index >= 15 is 0 Å². The van der Waals surface area contributed by atoms with Gasteiger partial charge in [0, 0.05) is 35.3 Å². The van der Waals surface area contributed by atoms with E-state index < -0.39 is 10.8 Å². The van der Waals surface area contributed by atoms with Crippen LogP contribution in [0.15, 0.2) is 18.2 Å². The molecular formula is C11H16N2OS. The second-order valence-electron chi connectivity index (χ2n) is 4.05. The van der Waals surface area contributed by atoms with Crippen molar-refractivity contribution in [2.75, 3.05) is 18.8 Å². The summed E-state index contributed by atoms with van der Waals surface area (Å²) >= 11 is 0. The summed E-state index contributed by atoms with van der Waals surface area (Å²) < 4.78 is 11.8. The van der Waals surface area contributed by atoms with Crippen LogP contribution in [0.25, 0.3) is 0 Å². The van der Waals surface area contributed by atoms with E-state index in [9.17, 15) is 4.21 Å². The highest BCUT2D eigenvalue weighted by Gasteiger charge is 2.19. The minimum Gasteiger partial charge on any atom is -0.316 e. The van der Waals surface area contributed by atoms with E-state index in [0.29, 0.717) is 11.7 Å². The quantitative estimate of drug-likeness (QED) is 0.824. The topological polar surface area (TPSA) is 42.0 Å². The average Bonchev–Trinajstić information content (AvgIpc) is 2.11. The van der Waals surface area contributed by atoms with Crippen molar-refractivity contribution in [3.63, 3.8) is 0 Å². The molecule has 0 aliphatic carbocycles. The van der Waals surface area contributed by atoms with Crippen molar-refractivity contribution in [1.82, 2.24) is 10.3 Å². The van der Waals surface area contributed by atoms with Crippen molar-refractivity contribution in [3.8, 4) is 0 Å². The van der Waals surface area contributed by atoms with Gasteiger partial charge in [0.2, 0.25) is 0 Å². The molecule has 0 spiro atoms. The smallest absolute Gasteiger partial charge is 0.0659 e. The maximum Gasteiger partial charge on any atom is 0.0659 e. The zero-order chi connectivity index (χ0) is 10.7. The molecule has 2 heterocycles. The van der Waals surface area contributed by atoms with E-state index in [1.54, 1.807) is 0 Å². The summed E-state index contributed by atoms with van der Waals surface area (Å²) in [5, 5.41) is 3.19. The number of rotatable bonds is 4. The van der Waals surface area contributed by atoms with Crippen molar-refractivity contribution in [2.45, 2.75) is 12.7 Å². The minimum atomic E-state index is -0.760. The SMILES string of the molecule is Cc1cccc(CS(=O)CC2CNC2)n1. The first-order valence-corrected chi connectivity index (χ1v) is 6.71. The molecule has 1 unspecified atom stereocenters. The molecule has 1 saturated heterocycles. The summed E-state index contributed by atoms with van der Waals surface area (Å²) in [7, 11) is -0.760. The monoisotopic (exact) mass is 224 g/mol. The Kier molecular flexibility index (Phi) is 3.49. The summed E-state index contributed by atoms with van der Waals surface area (Å²) in [5.74, 6) is 2.01. The fourth-order valence-electron chi connectivity index (χ4n) is 1.63. The number of pyridine rings is 1. The van der Waals surface area contributed by atoms with Crippen molar-refractivity contribution in [3.05, 3.63) is 29.6 Å². The van der Waals surface area contributed by atoms with Gasteiger partial charge in [-0.3, -0.25) is 9.19 Å². The van der Waals surface area contributed by atoms with Gasteiger partial charge in [-0.05, 0) is 25.0 Å². The standard InChI is InChI=1S/C11H16N2OS/c1-9-3-2-4-11(13-9)8-15(14)7-10-5-12-6-10/h2-4,10,12H,5-8H2,1H3. The highest BCUT2D eigenvalue weighted by Crippen LogP contribution is 2.08. The van der Waals surface area contributed by atoms with Gasteiger partial charge in [-0.15, -0.1) is 0 Å². The Morgan fingerprint density at radius 3 is 2.93 bits per heavy atom. The molecule has 0 saturated carbocycles. The second kappa shape index (κ2) is 4.86. The first kappa shape index (κ1) is 10.8. The molecule has 1 atom stereocenters. The van der Waals surface area contributed by atoms with Gasteiger partial charge in [0.25, 0.3) is 0 Å². The first-order valence-electron chi connectivity index (χ1n) is 5.22. The van der Waals surface area contributed by atoms with E-state index in [2.05, 4.69) is 10.3 Å². The summed E-state index contributed by atoms with van der Waals surface area (Å²) in [6.45, 7) is 4.00. The lowest BCUT2D eigenvalue weighted by Gasteiger charge is -2.26. The van der Waals surface area contributed by atoms with Gasteiger partial charge in [-0.2, -0.15) is 0 Å². The number of aryl methyl sites for hydroxylation is 1. The molecule has 1 fully saturated rings. The van der Waals surface area contributed by atoms with Gasteiger partial charge in [0.1, 0.15) is 0 Å². The van der Waals surface area contributed by atoms with Crippen molar-refractivity contribution in [2.24, 2.45) is 5.92 Å². The molecule has 1 aromatic rings. The molecule has 1 aliphatic rings. The van der Waals surface area contributed by atoms with Crippen LogP contribution in [0.4, 0.5) is 0 Å². The van der Waals surface area contributed by atoms with Crippen LogP contribution in [0.5, 0.6) is 0 Å². The molecule has 1 N–H and O–H groups in total. The minimum absolute atomic E-state index is 0.595. The van der Waals surface area contributed by atoms with Crippen LogP contribution in [0.2, 0.25) is 0 Å². The summed E-state index contributed by atoms with van der Waals surface area (Å²) in [4.78, 5) is 4.36. The van der Waals surface area contributed by atoms with Gasteiger partial charge in [0.15, 0.2) is 0 Å². The molecule has 2 rings (SSSR count). The number of aromatic nitrogens is 1. The van der Waals surface area contributed by atoms with E-state index in [1.165, 1.54) is 0 Å². The van der Waals surface area contributed by atoms with Crippen LogP contribution in [-0.2, 0) is 16.6 Å². The van der Waals surface area contributed by atoms with Gasteiger partial charge in [0.05, 0.1) is 11.4 Å². The number of nitrogens with zero attached hydrogens (tertiary/aromatic N) is 1. The Morgan fingerprint density at radius 1 is 1.53 bits per heavy atom. The normalized spacial score (nSPS) is 18.5. The Labute approximate surface area is 92.8 Å². The molecule has 4 heteroatoms. The second-order valence-corrected chi connectivity index (χ2v) is 5.55. The van der Waals surface area contributed by atoms with Gasteiger partial charge < -0.3 is 5.32 Å². The Bertz CT molecular complexity index is 363. The van der Waals surface area contributed by atoms with E-state index in [0.717, 1.165) is 30.2 Å². The zero-order valence-electron chi connectivity index (χ0n) is 8.90. The number of hydrogen-bond donors (Lipinski definition) is 1. The average molecular weight is 224 g/mol. The largest absolute Gasteiger partial charge is 0.316 e. The van der Waals surface area contributed by atoms with Crippen molar-refractivity contribution < 1.29 is 4.21 Å². The zero-order valence-corrected chi connectivity index (χ0v) is 9.72. The molecule has 15 heavy (non-hydrogen) atoms. The molecule has 0 amide bonds. The van der Waals surface area contributed by atoms with Gasteiger partial charge in [-0.1, -0.05) is 6.07 Å². The lowest BCUT2D eigenvalue weighted by atomic mass is 10.1. The highest BCUT2D eigenvalue weighted by molar-refractivity contribution is 7.84. The van der Waals surface area contributed by atoms with E-state index in [4.69, 9.17) is 0 Å². The van der Waals surface area contributed by atoms with Crippen LogP contribution in [0.3, 0.4) is 0 Å². The Balaban J connectivity index is 1.87. The van der Waals surface area contributed by atoms with Crippen LogP contribution in [0, 0.1) is 12.8 Å². The lowest BCUT2D eigenvalue weighted by Crippen LogP contribution is -2.44. The maximum absolute atomic E-state index is 11.8. The van der Waals surface area contributed by atoms with Crippen LogP contribution < -0.4 is 5.32 Å². The lowest BCUT2D eigenvalue weighted by molar-refractivity contribution is 0.382. The molecule has 1 aromatic heterocycles. The third-order valence-electron chi connectivity index (χ3n) is 2.54. The summed E-state index contributed by atoms with van der Waals surface area (Å²) in [5.41, 5.74) is 1.94. The van der Waals surface area contributed by atoms with Crippen LogP contribution in [0.1, 0.15) is 11.4 Å². The predicted octanol–water partition coefficient (Wildman–Crippen LogP) is 0.858. The fraction of sp³-hybridized carbons (Fsp3) is 0.545. The Hall–Kier alpha value is -0.740. The number of hydrogen-bond acceptors (Lipinski definition) is 3. The Morgan fingerprint density at radius 2 is 2.33 bits per heavy atom. The molecule has 0 radical (unpaired) electrons. The van der Waals surface area contributed by atoms with Crippen molar-refractivity contribution >= 4 is 10.8 Å². The third kappa shape index (κ3) is 3.11. The van der Waals surface area contributed by atoms with Crippen LogP contribution in [-0.4, -0.2) is 28.0 Å². The molecule has 82 valence electrons. The molecule has 0 aromatic carbocycles. The molecule has 0 bridgehead atoms. The van der Waals surface area contributed by atoms with Gasteiger partial charge in [-0.25, -0.2) is 0 Å². The first-order chi connectivity index (χ1) is 7.24. The molecule has 3 nitrogen and oxygen atoms in total. The fourth-order valence-corrected chi connectivity index (χ4v) is 3.00. The van der Waals surface area contributed by atoms with E-state index in [1.807, 2.05) is 25.1 Å². The molecular weight excluding hydrogens is 208 g/mol. The predicted molar refractivity (Wildman–Crippen MR) is 62.0 cm³/mol. The van der Waals surface area contributed by atoms with Crippen LogP contribution >= 0.6 is 0 Å². The van der Waals surface area contributed by atoms with Gasteiger partial charge >= 0.3 is 0 Å². The van der Waals surface area contributed by atoms with E-state index in [-0.39, 0.29) is 0 Å². The third-order valence-corrected chi connectivity index (χ3v) is 4.00. The number of nitrogens with one attached hydrogen (secondary N) is 1. The van der Waals surface area contributed by atoms with Crippen molar-refractivity contribution in [1.29, 1.82) is 0 Å². The highest BCUT2D eigenvalue weighted by atomic mass is 32.2. The summed E-state index contributed by atoms with van der Waals surface area (Å²) in [6.07, 6.45) is 0.